The standard InChI is InChI=1S/C20H29N7O/c1-11(2)16-18-17(26-25-16)19(23-15-8-6-14(21)7-9-15)24-20(22-10-13(5)28)27(18)12(3)4/h6-9,11-13,28H,10,21H2,1-5H3,(H,25,26)(H,22,23,24). The number of aliphatic hydroxyl groups is 1. The molecule has 2 heterocycles. The van der Waals surface area contributed by atoms with Gasteiger partial charge in [-0.1, -0.05) is 13.8 Å². The molecule has 0 aliphatic rings. The topological polar surface area (TPSA) is 117 Å². The van der Waals surface area contributed by atoms with Crippen LogP contribution in [-0.2, 0) is 0 Å². The molecule has 3 aromatic rings. The molecule has 0 saturated heterocycles. The quantitative estimate of drug-likeness (QED) is 0.488. The third kappa shape index (κ3) is 4.01. The van der Waals surface area contributed by atoms with E-state index in [2.05, 4.69) is 52.8 Å². The molecule has 0 bridgehead atoms. The van der Waals surface area contributed by atoms with E-state index in [0.29, 0.717) is 17.1 Å². The van der Waals surface area contributed by atoms with Crippen molar-refractivity contribution in [2.75, 3.05) is 17.6 Å². The summed E-state index contributed by atoms with van der Waals surface area (Å²) in [7, 11) is 0. The Morgan fingerprint density at radius 2 is 1.86 bits per heavy atom. The molecule has 8 nitrogen and oxygen atoms in total. The minimum atomic E-state index is -0.541. The van der Waals surface area contributed by atoms with Crippen molar-refractivity contribution in [1.29, 1.82) is 0 Å². The summed E-state index contributed by atoms with van der Waals surface area (Å²) in [5, 5.41) is 20.8. The number of hydrogen-bond donors (Lipinski definition) is 4. The summed E-state index contributed by atoms with van der Waals surface area (Å²) in [5.41, 5.74) is 10.7. The highest BCUT2D eigenvalue weighted by molar-refractivity contribution is 5.89. The molecule has 0 saturated carbocycles. The molecule has 1 unspecified atom stereocenters. The SMILES string of the molecule is CC(O)CN=c1nc(Nc2ccc(N)cc2)c2n[nH]c(C(C)C)c2n1C(C)C. The van der Waals surface area contributed by atoms with Crippen LogP contribution in [0.25, 0.3) is 11.0 Å². The Labute approximate surface area is 164 Å². The Kier molecular flexibility index (Phi) is 5.69. The maximum Gasteiger partial charge on any atom is 0.227 e. The molecular formula is C20H29N7O. The molecule has 0 amide bonds. The number of anilines is 3. The third-order valence-corrected chi connectivity index (χ3v) is 4.42. The van der Waals surface area contributed by atoms with Gasteiger partial charge in [-0.25, -0.2) is 4.99 Å². The van der Waals surface area contributed by atoms with Crippen LogP contribution in [0.1, 0.15) is 52.3 Å². The molecule has 0 radical (unpaired) electrons. The lowest BCUT2D eigenvalue weighted by Crippen LogP contribution is -2.29. The van der Waals surface area contributed by atoms with Gasteiger partial charge in [0.25, 0.3) is 0 Å². The Hall–Kier alpha value is -2.87. The number of rotatable bonds is 6. The van der Waals surface area contributed by atoms with Crippen LogP contribution in [0.4, 0.5) is 17.2 Å². The van der Waals surface area contributed by atoms with Crippen LogP contribution in [0.5, 0.6) is 0 Å². The molecule has 3 rings (SSSR count). The van der Waals surface area contributed by atoms with Crippen LogP contribution in [-0.4, -0.2) is 37.5 Å². The Morgan fingerprint density at radius 1 is 1.18 bits per heavy atom. The van der Waals surface area contributed by atoms with Gasteiger partial charge >= 0.3 is 0 Å². The number of nitrogens with one attached hydrogen (secondary N) is 2. The van der Waals surface area contributed by atoms with E-state index in [1.165, 1.54) is 0 Å². The number of fused-ring (bicyclic) bond motifs is 1. The lowest BCUT2D eigenvalue weighted by atomic mass is 10.1. The first-order chi connectivity index (χ1) is 13.3. The molecule has 5 N–H and O–H groups in total. The Balaban J connectivity index is 2.27. The molecule has 2 aromatic heterocycles. The van der Waals surface area contributed by atoms with Crippen molar-refractivity contribution in [2.24, 2.45) is 4.99 Å². The molecule has 0 aliphatic carbocycles. The van der Waals surface area contributed by atoms with E-state index < -0.39 is 6.10 Å². The number of aromatic amines is 1. The van der Waals surface area contributed by atoms with Gasteiger partial charge in [-0.3, -0.25) is 5.10 Å². The molecule has 0 spiro atoms. The zero-order valence-corrected chi connectivity index (χ0v) is 17.1. The van der Waals surface area contributed by atoms with E-state index in [4.69, 9.17) is 10.7 Å². The van der Waals surface area contributed by atoms with E-state index in [0.717, 1.165) is 22.4 Å². The van der Waals surface area contributed by atoms with Crippen molar-refractivity contribution in [3.05, 3.63) is 35.6 Å². The summed E-state index contributed by atoms with van der Waals surface area (Å²) in [5.74, 6) is 0.871. The molecule has 28 heavy (non-hydrogen) atoms. The van der Waals surface area contributed by atoms with Crippen molar-refractivity contribution in [3.63, 3.8) is 0 Å². The van der Waals surface area contributed by atoms with Crippen LogP contribution >= 0.6 is 0 Å². The predicted octanol–water partition coefficient (Wildman–Crippen LogP) is 3.07. The Morgan fingerprint density at radius 3 is 2.43 bits per heavy atom. The molecule has 0 aliphatic heterocycles. The van der Waals surface area contributed by atoms with Gasteiger partial charge < -0.3 is 20.7 Å². The number of nitrogens with two attached hydrogens (primary N) is 1. The zero-order valence-electron chi connectivity index (χ0n) is 17.1. The maximum absolute atomic E-state index is 9.71. The highest BCUT2D eigenvalue weighted by Crippen LogP contribution is 2.29. The minimum absolute atomic E-state index is 0.128. The fourth-order valence-corrected chi connectivity index (χ4v) is 3.07. The van der Waals surface area contributed by atoms with Crippen LogP contribution in [0.2, 0.25) is 0 Å². The smallest absolute Gasteiger partial charge is 0.227 e. The molecule has 150 valence electrons. The highest BCUT2D eigenvalue weighted by Gasteiger charge is 2.20. The number of benzene rings is 1. The second-order valence-electron chi connectivity index (χ2n) is 7.65. The first-order valence-electron chi connectivity index (χ1n) is 9.59. The van der Waals surface area contributed by atoms with E-state index >= 15 is 0 Å². The summed E-state index contributed by atoms with van der Waals surface area (Å²) < 4.78 is 2.07. The van der Waals surface area contributed by atoms with E-state index in [-0.39, 0.29) is 18.5 Å². The van der Waals surface area contributed by atoms with Gasteiger partial charge in [-0.15, -0.1) is 0 Å². The second kappa shape index (κ2) is 8.02. The summed E-state index contributed by atoms with van der Waals surface area (Å²) in [4.78, 5) is 9.32. The first kappa shape index (κ1) is 19.9. The summed E-state index contributed by atoms with van der Waals surface area (Å²) in [6.45, 7) is 10.4. The number of nitrogen functional groups attached to an aromatic ring is 1. The van der Waals surface area contributed by atoms with Crippen molar-refractivity contribution >= 4 is 28.2 Å². The van der Waals surface area contributed by atoms with E-state index in [1.807, 2.05) is 24.3 Å². The minimum Gasteiger partial charge on any atom is -0.399 e. The summed E-state index contributed by atoms with van der Waals surface area (Å²) in [6.07, 6.45) is -0.541. The summed E-state index contributed by atoms with van der Waals surface area (Å²) >= 11 is 0. The van der Waals surface area contributed by atoms with E-state index in [9.17, 15) is 5.11 Å². The zero-order chi connectivity index (χ0) is 20.4. The molecule has 8 heteroatoms. The largest absolute Gasteiger partial charge is 0.399 e. The van der Waals surface area contributed by atoms with Gasteiger partial charge in [0.2, 0.25) is 5.62 Å². The normalized spacial score (nSPS) is 13.6. The van der Waals surface area contributed by atoms with Crippen molar-refractivity contribution in [2.45, 2.75) is 52.7 Å². The fraction of sp³-hybridized carbons (Fsp3) is 0.450. The number of aromatic nitrogens is 4. The first-order valence-corrected chi connectivity index (χ1v) is 9.59. The van der Waals surface area contributed by atoms with Crippen molar-refractivity contribution in [1.82, 2.24) is 19.7 Å². The van der Waals surface area contributed by atoms with Crippen molar-refractivity contribution < 1.29 is 5.11 Å². The third-order valence-electron chi connectivity index (χ3n) is 4.42. The van der Waals surface area contributed by atoms with Gasteiger partial charge in [-0.2, -0.15) is 10.1 Å². The molecule has 1 aromatic carbocycles. The van der Waals surface area contributed by atoms with Gasteiger partial charge in [0, 0.05) is 17.4 Å². The average molecular weight is 384 g/mol. The van der Waals surface area contributed by atoms with Gasteiger partial charge in [0.05, 0.1) is 23.9 Å². The number of H-pyrrole nitrogens is 1. The summed E-state index contributed by atoms with van der Waals surface area (Å²) in [6, 6.07) is 7.59. The van der Waals surface area contributed by atoms with E-state index in [1.54, 1.807) is 6.92 Å². The van der Waals surface area contributed by atoms with Crippen LogP contribution in [0.3, 0.4) is 0 Å². The van der Waals surface area contributed by atoms with Gasteiger partial charge in [-0.05, 0) is 51.0 Å². The number of nitrogens with zero attached hydrogens (tertiary/aromatic N) is 4. The average Bonchev–Trinajstić information content (AvgIpc) is 3.06. The van der Waals surface area contributed by atoms with Crippen LogP contribution in [0.15, 0.2) is 29.3 Å². The second-order valence-corrected chi connectivity index (χ2v) is 7.65. The number of aliphatic hydroxyl groups excluding tert-OH is 1. The van der Waals surface area contributed by atoms with Gasteiger partial charge in [0.15, 0.2) is 11.3 Å². The molecule has 1 atom stereocenters. The highest BCUT2D eigenvalue weighted by atomic mass is 16.3. The monoisotopic (exact) mass is 383 g/mol. The van der Waals surface area contributed by atoms with Crippen LogP contribution < -0.4 is 16.7 Å². The fourth-order valence-electron chi connectivity index (χ4n) is 3.07. The maximum atomic E-state index is 9.71. The molecule has 0 fully saturated rings. The van der Waals surface area contributed by atoms with Crippen molar-refractivity contribution in [3.8, 4) is 0 Å². The Bertz CT molecular complexity index is 1010. The lowest BCUT2D eigenvalue weighted by Gasteiger charge is -2.17. The number of hydrogen-bond acceptors (Lipinski definition) is 6. The van der Waals surface area contributed by atoms with Crippen LogP contribution in [0, 0.1) is 0 Å². The predicted molar refractivity (Wildman–Crippen MR) is 113 cm³/mol. The molecular weight excluding hydrogens is 354 g/mol. The van der Waals surface area contributed by atoms with Gasteiger partial charge in [0.1, 0.15) is 0 Å². The lowest BCUT2D eigenvalue weighted by molar-refractivity contribution is 0.202.